The van der Waals surface area contributed by atoms with Crippen molar-refractivity contribution in [3.05, 3.63) is 46.4 Å². The Morgan fingerprint density at radius 1 is 1.26 bits per heavy atom. The number of hydrogen-bond donors (Lipinski definition) is 2. The van der Waals surface area contributed by atoms with E-state index < -0.39 is 11.6 Å². The number of halogens is 2. The van der Waals surface area contributed by atoms with Gasteiger partial charge in [-0.15, -0.1) is 22.7 Å². The predicted molar refractivity (Wildman–Crippen MR) is 107 cm³/mol. The van der Waals surface area contributed by atoms with E-state index in [1.54, 1.807) is 23.6 Å². The molecule has 2 atom stereocenters. The van der Waals surface area contributed by atoms with Gasteiger partial charge in [-0.1, -0.05) is 0 Å². The zero-order valence-electron chi connectivity index (χ0n) is 14.4. The average Bonchev–Trinajstić information content (AvgIpc) is 3.37. The molecule has 2 N–H and O–H groups in total. The van der Waals surface area contributed by atoms with Gasteiger partial charge in [-0.05, 0) is 38.1 Å². The van der Waals surface area contributed by atoms with E-state index in [1.807, 2.05) is 0 Å². The van der Waals surface area contributed by atoms with Crippen molar-refractivity contribution in [1.82, 2.24) is 15.3 Å². The van der Waals surface area contributed by atoms with Crippen LogP contribution in [0.5, 0.6) is 0 Å². The van der Waals surface area contributed by atoms with Crippen LogP contribution in [0.15, 0.2) is 29.9 Å². The molecule has 4 heterocycles. The van der Waals surface area contributed by atoms with Crippen molar-refractivity contribution in [1.29, 1.82) is 0 Å². The molecular formula is C19H16F2N4S2. The molecule has 0 unspecified atom stereocenters. The minimum Gasteiger partial charge on any atom is -0.350 e. The van der Waals surface area contributed by atoms with E-state index in [0.717, 1.165) is 23.2 Å². The van der Waals surface area contributed by atoms with Crippen LogP contribution in [0.1, 0.15) is 24.1 Å². The van der Waals surface area contributed by atoms with Gasteiger partial charge in [0.05, 0.1) is 15.9 Å². The number of nitrogens with zero attached hydrogens (tertiary/aromatic N) is 2. The van der Waals surface area contributed by atoms with Gasteiger partial charge in [0, 0.05) is 28.4 Å². The normalized spacial score (nSPS) is 20.0. The number of fused-ring (bicyclic) bond motifs is 2. The SMILES string of the molecule is C[C@@H]1NCC[C@@H]1c1cc2c(Nc3c(F)cc4scnc4c3F)ccnc2s1. The van der Waals surface area contributed by atoms with Crippen molar-refractivity contribution >= 4 is 54.5 Å². The molecule has 0 amide bonds. The van der Waals surface area contributed by atoms with Gasteiger partial charge in [-0.25, -0.2) is 18.7 Å². The fraction of sp³-hybridized carbons (Fsp3) is 0.263. The second-order valence-corrected chi connectivity index (χ2v) is 8.68. The number of hydrogen-bond acceptors (Lipinski definition) is 6. The maximum atomic E-state index is 14.8. The first-order chi connectivity index (χ1) is 13.1. The number of rotatable bonds is 3. The van der Waals surface area contributed by atoms with E-state index in [4.69, 9.17) is 0 Å². The standard InChI is InChI=1S/C19H16F2N4S2/c1-9-10(2-4-22-9)14-6-11-13(3-5-23-19(11)27-14)25-17-12(20)7-15-18(16(17)21)24-8-26-15/h3,5-10,22H,2,4H2,1H3,(H,23,25)/t9-,10-/m0/s1. The van der Waals surface area contributed by atoms with Gasteiger partial charge in [0.25, 0.3) is 0 Å². The number of nitrogens with one attached hydrogen (secondary N) is 2. The smallest absolute Gasteiger partial charge is 0.176 e. The second kappa shape index (κ2) is 6.47. The van der Waals surface area contributed by atoms with Crippen LogP contribution in [0.25, 0.3) is 20.4 Å². The lowest BCUT2D eigenvalue weighted by Gasteiger charge is -2.12. The third-order valence-electron chi connectivity index (χ3n) is 5.12. The maximum Gasteiger partial charge on any atom is 0.176 e. The molecular weight excluding hydrogens is 386 g/mol. The van der Waals surface area contributed by atoms with Crippen LogP contribution in [0.3, 0.4) is 0 Å². The quantitative estimate of drug-likeness (QED) is 0.482. The second-order valence-electron chi connectivity index (χ2n) is 6.74. The summed E-state index contributed by atoms with van der Waals surface area (Å²) in [5.74, 6) is -0.851. The van der Waals surface area contributed by atoms with Gasteiger partial charge in [-0.3, -0.25) is 0 Å². The van der Waals surface area contributed by atoms with Crippen LogP contribution in [0.2, 0.25) is 0 Å². The molecule has 4 aromatic rings. The van der Waals surface area contributed by atoms with Gasteiger partial charge in [0.2, 0.25) is 0 Å². The molecule has 138 valence electrons. The Morgan fingerprint density at radius 2 is 2.15 bits per heavy atom. The lowest BCUT2D eigenvalue weighted by Crippen LogP contribution is -2.20. The fourth-order valence-corrected chi connectivity index (χ4v) is 5.64. The van der Waals surface area contributed by atoms with Crippen LogP contribution in [-0.4, -0.2) is 22.6 Å². The van der Waals surface area contributed by atoms with Crippen molar-refractivity contribution in [3.8, 4) is 0 Å². The Balaban J connectivity index is 1.58. The zero-order chi connectivity index (χ0) is 18.5. The summed E-state index contributed by atoms with van der Waals surface area (Å²) in [6.07, 6.45) is 2.75. The average molecular weight is 402 g/mol. The molecule has 1 aromatic carbocycles. The molecule has 4 nitrogen and oxygen atoms in total. The summed E-state index contributed by atoms with van der Waals surface area (Å²) in [5.41, 5.74) is 2.17. The topological polar surface area (TPSA) is 49.8 Å². The highest BCUT2D eigenvalue weighted by Crippen LogP contribution is 2.39. The Labute approximate surface area is 162 Å². The number of benzene rings is 1. The van der Waals surface area contributed by atoms with Crippen molar-refractivity contribution in [3.63, 3.8) is 0 Å². The zero-order valence-corrected chi connectivity index (χ0v) is 16.1. The largest absolute Gasteiger partial charge is 0.350 e. The number of anilines is 2. The van der Waals surface area contributed by atoms with Crippen LogP contribution < -0.4 is 10.6 Å². The van der Waals surface area contributed by atoms with E-state index in [2.05, 4.69) is 33.6 Å². The van der Waals surface area contributed by atoms with Crippen LogP contribution in [0, 0.1) is 11.6 Å². The summed E-state index contributed by atoms with van der Waals surface area (Å²) in [6.45, 7) is 3.19. The monoisotopic (exact) mass is 402 g/mol. The van der Waals surface area contributed by atoms with E-state index in [0.29, 0.717) is 22.3 Å². The molecule has 0 bridgehead atoms. The molecule has 5 rings (SSSR count). The number of aromatic nitrogens is 2. The lowest BCUT2D eigenvalue weighted by atomic mass is 10.00. The van der Waals surface area contributed by atoms with Crippen LogP contribution in [0.4, 0.5) is 20.2 Å². The fourth-order valence-electron chi connectivity index (χ4n) is 3.68. The first-order valence-corrected chi connectivity index (χ1v) is 10.4. The van der Waals surface area contributed by atoms with Gasteiger partial charge in [0.15, 0.2) is 11.6 Å². The predicted octanol–water partition coefficient (Wildman–Crippen LogP) is 5.39. The molecule has 1 saturated heterocycles. The molecule has 0 aliphatic carbocycles. The molecule has 1 fully saturated rings. The van der Waals surface area contributed by atoms with Crippen molar-refractivity contribution in [2.45, 2.75) is 25.3 Å². The maximum absolute atomic E-state index is 14.8. The summed E-state index contributed by atoms with van der Waals surface area (Å²) in [7, 11) is 0. The molecule has 1 aliphatic heterocycles. The van der Waals surface area contributed by atoms with Crippen LogP contribution >= 0.6 is 22.7 Å². The van der Waals surface area contributed by atoms with Crippen molar-refractivity contribution < 1.29 is 8.78 Å². The van der Waals surface area contributed by atoms with Gasteiger partial charge >= 0.3 is 0 Å². The summed E-state index contributed by atoms with van der Waals surface area (Å²) in [6, 6.07) is 5.58. The Bertz CT molecular complexity index is 1150. The third-order valence-corrected chi connectivity index (χ3v) is 7.07. The Morgan fingerprint density at radius 3 is 2.96 bits per heavy atom. The first kappa shape index (κ1) is 17.0. The first-order valence-electron chi connectivity index (χ1n) is 8.72. The minimum atomic E-state index is -0.666. The van der Waals surface area contributed by atoms with Crippen molar-refractivity contribution in [2.24, 2.45) is 0 Å². The number of thiazole rings is 1. The molecule has 3 aromatic heterocycles. The van der Waals surface area contributed by atoms with Gasteiger partial charge in [0.1, 0.15) is 16.0 Å². The summed E-state index contributed by atoms with van der Waals surface area (Å²) in [5, 5.41) is 7.29. The third kappa shape index (κ3) is 2.79. The molecule has 0 radical (unpaired) electrons. The van der Waals surface area contributed by atoms with E-state index in [9.17, 15) is 8.78 Å². The van der Waals surface area contributed by atoms with Crippen LogP contribution in [-0.2, 0) is 0 Å². The number of pyridine rings is 1. The highest BCUT2D eigenvalue weighted by molar-refractivity contribution is 7.18. The molecule has 8 heteroatoms. The molecule has 0 spiro atoms. The lowest BCUT2D eigenvalue weighted by molar-refractivity contribution is 0.598. The summed E-state index contributed by atoms with van der Waals surface area (Å²) >= 11 is 2.86. The Kier molecular flexibility index (Phi) is 4.07. The van der Waals surface area contributed by atoms with Gasteiger partial charge < -0.3 is 10.6 Å². The summed E-state index contributed by atoms with van der Waals surface area (Å²) < 4.78 is 29.8. The summed E-state index contributed by atoms with van der Waals surface area (Å²) in [4.78, 5) is 10.6. The molecule has 0 saturated carbocycles. The highest BCUT2D eigenvalue weighted by atomic mass is 32.1. The highest BCUT2D eigenvalue weighted by Gasteiger charge is 2.26. The number of thiophene rings is 1. The van der Waals surface area contributed by atoms with E-state index >= 15 is 0 Å². The Hall–Kier alpha value is -2.16. The molecule has 1 aliphatic rings. The van der Waals surface area contributed by atoms with E-state index in [1.165, 1.54) is 27.8 Å². The van der Waals surface area contributed by atoms with E-state index in [-0.39, 0.29) is 11.2 Å². The van der Waals surface area contributed by atoms with Gasteiger partial charge in [-0.2, -0.15) is 0 Å². The minimum absolute atomic E-state index is 0.176. The molecule has 27 heavy (non-hydrogen) atoms. The van der Waals surface area contributed by atoms with Crippen molar-refractivity contribution in [2.75, 3.05) is 11.9 Å².